The molecule has 0 fully saturated rings. The first-order valence-electron chi connectivity index (χ1n) is 7.47. The molecular formula is C17H16BrN5OS. The predicted octanol–water partition coefficient (Wildman–Crippen LogP) is 4.49. The number of carbonyl (C=O) groups is 1. The van der Waals surface area contributed by atoms with Crippen LogP contribution in [-0.2, 0) is 0 Å². The van der Waals surface area contributed by atoms with Crippen molar-refractivity contribution in [1.29, 1.82) is 0 Å². The second kappa shape index (κ2) is 7.62. The van der Waals surface area contributed by atoms with Gasteiger partial charge < -0.3 is 15.5 Å². The maximum absolute atomic E-state index is 12.1. The maximum Gasteiger partial charge on any atom is 0.253 e. The van der Waals surface area contributed by atoms with Gasteiger partial charge in [0.2, 0.25) is 0 Å². The monoisotopic (exact) mass is 417 g/mol. The average Bonchev–Trinajstić information content (AvgIpc) is 3.03. The Labute approximate surface area is 158 Å². The van der Waals surface area contributed by atoms with Crippen molar-refractivity contribution in [2.75, 3.05) is 24.7 Å². The highest BCUT2D eigenvalue weighted by Gasteiger charge is 2.12. The maximum atomic E-state index is 12.1. The molecule has 25 heavy (non-hydrogen) atoms. The number of hydrogen-bond acceptors (Lipinski definition) is 6. The Morgan fingerprint density at radius 3 is 2.48 bits per heavy atom. The molecule has 0 bridgehead atoms. The zero-order chi connectivity index (χ0) is 17.8. The molecule has 0 spiro atoms. The third kappa shape index (κ3) is 4.15. The Kier molecular flexibility index (Phi) is 5.30. The summed E-state index contributed by atoms with van der Waals surface area (Å²) in [6, 6.07) is 15.1. The minimum Gasteiger partial charge on any atom is -0.345 e. The number of hydrogen-bond donors (Lipinski definition) is 2. The SMILES string of the molecule is CN(C)C(=O)c1cccc(Nc2nsnc2Nc2ccccc2Br)c1. The summed E-state index contributed by atoms with van der Waals surface area (Å²) in [7, 11) is 3.46. The number of anilines is 4. The fourth-order valence-electron chi connectivity index (χ4n) is 2.17. The van der Waals surface area contributed by atoms with Crippen molar-refractivity contribution in [3.63, 3.8) is 0 Å². The standard InChI is InChI=1S/C17H16BrN5OS/c1-23(2)17(24)11-6-5-7-12(10-11)19-15-16(22-25-21-15)20-14-9-4-3-8-13(14)18/h3-10H,1-2H3,(H,19,21)(H,20,22). The Balaban J connectivity index is 1.81. The number of amides is 1. The molecule has 1 amide bonds. The van der Waals surface area contributed by atoms with E-state index in [1.807, 2.05) is 36.4 Å². The molecule has 0 aliphatic carbocycles. The Morgan fingerprint density at radius 1 is 1.04 bits per heavy atom. The summed E-state index contributed by atoms with van der Waals surface area (Å²) >= 11 is 4.61. The van der Waals surface area contributed by atoms with E-state index in [9.17, 15) is 4.79 Å². The van der Waals surface area contributed by atoms with Crippen LogP contribution in [0.4, 0.5) is 23.0 Å². The largest absolute Gasteiger partial charge is 0.345 e. The van der Waals surface area contributed by atoms with E-state index in [0.717, 1.165) is 27.6 Å². The summed E-state index contributed by atoms with van der Waals surface area (Å²) in [5, 5.41) is 6.46. The Bertz CT molecular complexity index is 896. The third-order valence-corrected chi connectivity index (χ3v) is 4.61. The molecular weight excluding hydrogens is 402 g/mol. The van der Waals surface area contributed by atoms with Crippen LogP contribution in [-0.4, -0.2) is 33.6 Å². The van der Waals surface area contributed by atoms with E-state index in [-0.39, 0.29) is 5.91 Å². The molecule has 0 aliphatic rings. The fourth-order valence-corrected chi connectivity index (χ4v) is 3.02. The van der Waals surface area contributed by atoms with Crippen LogP contribution in [0.25, 0.3) is 0 Å². The number of para-hydroxylation sites is 1. The first-order valence-corrected chi connectivity index (χ1v) is 9.00. The van der Waals surface area contributed by atoms with Gasteiger partial charge in [0, 0.05) is 29.8 Å². The summed E-state index contributed by atoms with van der Waals surface area (Å²) in [4.78, 5) is 13.6. The number of carbonyl (C=O) groups excluding carboxylic acids is 1. The summed E-state index contributed by atoms with van der Waals surface area (Å²) in [6.07, 6.45) is 0. The minimum atomic E-state index is -0.0494. The number of rotatable bonds is 5. The highest BCUT2D eigenvalue weighted by atomic mass is 79.9. The van der Waals surface area contributed by atoms with Gasteiger partial charge >= 0.3 is 0 Å². The van der Waals surface area contributed by atoms with Gasteiger partial charge in [-0.2, -0.15) is 8.75 Å². The first-order chi connectivity index (χ1) is 12.0. The lowest BCUT2D eigenvalue weighted by Gasteiger charge is -2.12. The van der Waals surface area contributed by atoms with Crippen molar-refractivity contribution in [2.45, 2.75) is 0 Å². The number of aromatic nitrogens is 2. The van der Waals surface area contributed by atoms with Gasteiger partial charge in [0.05, 0.1) is 17.4 Å². The smallest absolute Gasteiger partial charge is 0.253 e. The van der Waals surface area contributed by atoms with Gasteiger partial charge in [0.1, 0.15) is 0 Å². The molecule has 0 unspecified atom stereocenters. The van der Waals surface area contributed by atoms with Gasteiger partial charge in [-0.25, -0.2) is 0 Å². The van der Waals surface area contributed by atoms with E-state index < -0.39 is 0 Å². The number of benzene rings is 2. The molecule has 2 aromatic carbocycles. The molecule has 128 valence electrons. The third-order valence-electron chi connectivity index (χ3n) is 3.39. The Hall–Kier alpha value is -2.45. The van der Waals surface area contributed by atoms with Crippen LogP contribution in [0.2, 0.25) is 0 Å². The van der Waals surface area contributed by atoms with Crippen molar-refractivity contribution >= 4 is 56.6 Å². The zero-order valence-corrected chi connectivity index (χ0v) is 16.1. The fraction of sp³-hybridized carbons (Fsp3) is 0.118. The van der Waals surface area contributed by atoms with Gasteiger partial charge in [0.25, 0.3) is 5.91 Å². The van der Waals surface area contributed by atoms with Gasteiger partial charge in [-0.1, -0.05) is 18.2 Å². The van der Waals surface area contributed by atoms with Crippen LogP contribution in [0.1, 0.15) is 10.4 Å². The molecule has 1 heterocycles. The van der Waals surface area contributed by atoms with Gasteiger partial charge in [-0.05, 0) is 46.3 Å². The van der Waals surface area contributed by atoms with Crippen LogP contribution >= 0.6 is 27.7 Å². The van der Waals surface area contributed by atoms with Crippen LogP contribution in [0.3, 0.4) is 0 Å². The molecule has 2 N–H and O–H groups in total. The molecule has 3 rings (SSSR count). The molecule has 3 aromatic rings. The normalized spacial score (nSPS) is 10.4. The van der Waals surface area contributed by atoms with Crippen molar-refractivity contribution < 1.29 is 4.79 Å². The lowest BCUT2D eigenvalue weighted by molar-refractivity contribution is 0.0827. The summed E-state index contributed by atoms with van der Waals surface area (Å²) in [6.45, 7) is 0. The van der Waals surface area contributed by atoms with Crippen LogP contribution < -0.4 is 10.6 Å². The molecule has 8 heteroatoms. The Morgan fingerprint density at radius 2 is 1.76 bits per heavy atom. The van der Waals surface area contributed by atoms with Crippen LogP contribution in [0, 0.1) is 0 Å². The molecule has 1 aromatic heterocycles. The molecule has 0 radical (unpaired) electrons. The second-order valence-corrected chi connectivity index (χ2v) is 6.85. The number of nitrogens with zero attached hydrogens (tertiary/aromatic N) is 3. The topological polar surface area (TPSA) is 70.2 Å². The quantitative estimate of drug-likeness (QED) is 0.639. The minimum absolute atomic E-state index is 0.0494. The van der Waals surface area contributed by atoms with E-state index in [1.165, 1.54) is 0 Å². The first kappa shape index (κ1) is 17.4. The van der Waals surface area contributed by atoms with Gasteiger partial charge in [0.15, 0.2) is 11.6 Å². The van der Waals surface area contributed by atoms with Crippen molar-refractivity contribution in [3.8, 4) is 0 Å². The van der Waals surface area contributed by atoms with Crippen molar-refractivity contribution in [1.82, 2.24) is 13.6 Å². The highest BCUT2D eigenvalue weighted by Crippen LogP contribution is 2.30. The van der Waals surface area contributed by atoms with Crippen molar-refractivity contribution in [3.05, 3.63) is 58.6 Å². The van der Waals surface area contributed by atoms with Crippen LogP contribution in [0.5, 0.6) is 0 Å². The summed E-state index contributed by atoms with van der Waals surface area (Å²) in [5.74, 6) is 1.18. The van der Waals surface area contributed by atoms with Crippen LogP contribution in [0.15, 0.2) is 53.0 Å². The van der Waals surface area contributed by atoms with E-state index in [4.69, 9.17) is 0 Å². The van der Waals surface area contributed by atoms with E-state index >= 15 is 0 Å². The lowest BCUT2D eigenvalue weighted by Crippen LogP contribution is -2.21. The molecule has 0 aliphatic heterocycles. The van der Waals surface area contributed by atoms with E-state index in [0.29, 0.717) is 17.2 Å². The van der Waals surface area contributed by atoms with Gasteiger partial charge in [-0.3, -0.25) is 4.79 Å². The van der Waals surface area contributed by atoms with Gasteiger partial charge in [-0.15, -0.1) is 0 Å². The highest BCUT2D eigenvalue weighted by molar-refractivity contribution is 9.10. The molecule has 0 saturated carbocycles. The second-order valence-electron chi connectivity index (χ2n) is 5.47. The summed E-state index contributed by atoms with van der Waals surface area (Å²) in [5.41, 5.74) is 2.28. The molecule has 6 nitrogen and oxygen atoms in total. The van der Waals surface area contributed by atoms with Crippen molar-refractivity contribution in [2.24, 2.45) is 0 Å². The molecule has 0 atom stereocenters. The summed E-state index contributed by atoms with van der Waals surface area (Å²) < 4.78 is 9.53. The number of halogens is 1. The average molecular weight is 418 g/mol. The predicted molar refractivity (Wildman–Crippen MR) is 105 cm³/mol. The lowest BCUT2D eigenvalue weighted by atomic mass is 10.2. The van der Waals surface area contributed by atoms with E-state index in [2.05, 4.69) is 35.3 Å². The van der Waals surface area contributed by atoms with E-state index in [1.54, 1.807) is 31.1 Å². The number of nitrogens with one attached hydrogen (secondary N) is 2. The molecule has 0 saturated heterocycles. The zero-order valence-electron chi connectivity index (χ0n) is 13.7.